The average Bonchev–Trinajstić information content (AvgIpc) is 2.91. The Morgan fingerprint density at radius 3 is 2.65 bits per heavy atom. The fourth-order valence-corrected chi connectivity index (χ4v) is 2.31. The predicted octanol–water partition coefficient (Wildman–Crippen LogP) is 1.64. The summed E-state index contributed by atoms with van der Waals surface area (Å²) in [6.45, 7) is 5.48. The number of aliphatic carboxylic acids is 1. The molecule has 7 heteroatoms. The molecule has 20 heavy (non-hydrogen) atoms. The molecule has 1 N–H and O–H groups in total. The molecule has 0 spiro atoms. The van der Waals surface area contributed by atoms with Crippen LogP contribution in [0.4, 0.5) is 0 Å². The van der Waals surface area contributed by atoms with Crippen molar-refractivity contribution in [2.24, 2.45) is 0 Å². The van der Waals surface area contributed by atoms with Crippen LogP contribution in [0.3, 0.4) is 0 Å². The van der Waals surface area contributed by atoms with Gasteiger partial charge in [0.25, 0.3) is 0 Å². The van der Waals surface area contributed by atoms with Gasteiger partial charge in [-0.3, -0.25) is 4.98 Å². The minimum atomic E-state index is -1.14. The molecule has 7 nitrogen and oxygen atoms in total. The number of carboxylic acids is 1. The molecule has 0 unspecified atom stereocenters. The summed E-state index contributed by atoms with van der Waals surface area (Å²) in [6, 6.07) is 3.62. The average molecular weight is 275 g/mol. The first-order valence-corrected chi connectivity index (χ1v) is 6.51. The largest absolute Gasteiger partial charge is 0.479 e. The first-order chi connectivity index (χ1) is 9.56. The molecule has 0 aliphatic heterocycles. The van der Waals surface area contributed by atoms with Crippen molar-refractivity contribution in [3.05, 3.63) is 24.0 Å². The maximum Gasteiger partial charge on any atom is 0.331 e. The minimum Gasteiger partial charge on any atom is -0.479 e. The fraction of sp³-hybridized carbons (Fsp3) is 0.462. The molecular formula is C13H17N5O2. The SMILES string of the molecule is CCC(CC)(C(=O)O)n1nnnc1-c1cccnc1C. The second kappa shape index (κ2) is 5.36. The van der Waals surface area contributed by atoms with Crippen LogP contribution in [0.2, 0.25) is 0 Å². The zero-order valence-electron chi connectivity index (χ0n) is 11.7. The van der Waals surface area contributed by atoms with E-state index in [0.29, 0.717) is 18.7 Å². The number of aromatic nitrogens is 5. The molecule has 0 fully saturated rings. The van der Waals surface area contributed by atoms with E-state index < -0.39 is 11.5 Å². The molecule has 0 saturated carbocycles. The molecule has 2 heterocycles. The van der Waals surface area contributed by atoms with E-state index in [0.717, 1.165) is 11.3 Å². The van der Waals surface area contributed by atoms with Gasteiger partial charge in [0, 0.05) is 17.5 Å². The number of pyridine rings is 1. The van der Waals surface area contributed by atoms with E-state index in [2.05, 4.69) is 20.5 Å². The highest BCUT2D eigenvalue weighted by atomic mass is 16.4. The summed E-state index contributed by atoms with van der Waals surface area (Å²) in [7, 11) is 0. The number of carboxylic acid groups (broad SMARTS) is 1. The van der Waals surface area contributed by atoms with Crippen LogP contribution in [0, 0.1) is 6.92 Å². The third-order valence-corrected chi connectivity index (χ3v) is 3.69. The number of carbonyl (C=O) groups is 1. The van der Waals surface area contributed by atoms with Gasteiger partial charge in [-0.1, -0.05) is 13.8 Å². The number of hydrogen-bond acceptors (Lipinski definition) is 5. The van der Waals surface area contributed by atoms with E-state index in [1.165, 1.54) is 4.68 Å². The quantitative estimate of drug-likeness (QED) is 0.891. The van der Waals surface area contributed by atoms with Crippen LogP contribution >= 0.6 is 0 Å². The first kappa shape index (κ1) is 14.1. The van der Waals surface area contributed by atoms with Gasteiger partial charge < -0.3 is 5.11 Å². The van der Waals surface area contributed by atoms with E-state index in [4.69, 9.17) is 0 Å². The van der Waals surface area contributed by atoms with E-state index in [9.17, 15) is 9.90 Å². The second-order valence-corrected chi connectivity index (χ2v) is 4.59. The standard InChI is InChI=1S/C13H17N5O2/c1-4-13(5-2,12(19)20)18-11(15-16-17-18)10-7-6-8-14-9(10)3/h6-8H,4-5H2,1-3H3,(H,19,20). The summed E-state index contributed by atoms with van der Waals surface area (Å²) in [5.41, 5.74) is 0.362. The molecule has 2 rings (SSSR count). The monoisotopic (exact) mass is 275 g/mol. The summed E-state index contributed by atoms with van der Waals surface area (Å²) >= 11 is 0. The number of nitrogens with zero attached hydrogens (tertiary/aromatic N) is 5. The Morgan fingerprint density at radius 2 is 2.10 bits per heavy atom. The molecule has 0 saturated heterocycles. The molecule has 0 amide bonds. The highest BCUT2D eigenvalue weighted by molar-refractivity contribution is 5.77. The predicted molar refractivity (Wildman–Crippen MR) is 72.0 cm³/mol. The molecule has 2 aromatic heterocycles. The van der Waals surface area contributed by atoms with Crippen molar-refractivity contribution < 1.29 is 9.90 Å². The number of hydrogen-bond donors (Lipinski definition) is 1. The molecule has 0 aromatic carbocycles. The Labute approximate surface area is 116 Å². The third kappa shape index (κ3) is 2.04. The van der Waals surface area contributed by atoms with E-state index in [1.54, 1.807) is 12.3 Å². The Morgan fingerprint density at radius 1 is 1.40 bits per heavy atom. The molecule has 0 atom stereocenters. The Hall–Kier alpha value is -2.31. The zero-order valence-corrected chi connectivity index (χ0v) is 11.7. The van der Waals surface area contributed by atoms with Crippen LogP contribution < -0.4 is 0 Å². The van der Waals surface area contributed by atoms with Crippen molar-refractivity contribution in [3.63, 3.8) is 0 Å². The minimum absolute atomic E-state index is 0.399. The molecule has 2 aromatic rings. The second-order valence-electron chi connectivity index (χ2n) is 4.59. The van der Waals surface area contributed by atoms with Gasteiger partial charge in [0.05, 0.1) is 0 Å². The number of aryl methyl sites for hydroxylation is 1. The van der Waals surface area contributed by atoms with Crippen molar-refractivity contribution in [1.82, 2.24) is 25.2 Å². The lowest BCUT2D eigenvalue weighted by atomic mass is 9.92. The summed E-state index contributed by atoms with van der Waals surface area (Å²) < 4.78 is 1.40. The fourth-order valence-electron chi connectivity index (χ4n) is 2.31. The maximum atomic E-state index is 11.7. The molecule has 0 bridgehead atoms. The van der Waals surface area contributed by atoms with E-state index >= 15 is 0 Å². The third-order valence-electron chi connectivity index (χ3n) is 3.69. The summed E-state index contributed by atoms with van der Waals surface area (Å²) in [4.78, 5) is 15.9. The van der Waals surface area contributed by atoms with Crippen LogP contribution in [-0.2, 0) is 10.3 Å². The zero-order chi connectivity index (χ0) is 14.8. The van der Waals surface area contributed by atoms with Gasteiger partial charge in [-0.15, -0.1) is 5.10 Å². The van der Waals surface area contributed by atoms with Crippen LogP contribution in [0.1, 0.15) is 32.4 Å². The van der Waals surface area contributed by atoms with E-state index in [-0.39, 0.29) is 0 Å². The lowest BCUT2D eigenvalue weighted by Crippen LogP contribution is -2.42. The summed E-state index contributed by atoms with van der Waals surface area (Å²) in [5, 5.41) is 21.2. The molecule has 0 radical (unpaired) electrons. The van der Waals surface area contributed by atoms with Gasteiger partial charge in [-0.25, -0.2) is 9.48 Å². The van der Waals surface area contributed by atoms with Crippen molar-refractivity contribution in [2.75, 3.05) is 0 Å². The van der Waals surface area contributed by atoms with Crippen LogP contribution in [-0.4, -0.2) is 36.3 Å². The van der Waals surface area contributed by atoms with Gasteiger partial charge in [0.1, 0.15) is 0 Å². The molecule has 0 aliphatic rings. The maximum absolute atomic E-state index is 11.7. The lowest BCUT2D eigenvalue weighted by Gasteiger charge is -2.27. The van der Waals surface area contributed by atoms with E-state index in [1.807, 2.05) is 26.8 Å². The highest BCUT2D eigenvalue weighted by Crippen LogP contribution is 2.30. The van der Waals surface area contributed by atoms with Crippen molar-refractivity contribution >= 4 is 5.97 Å². The van der Waals surface area contributed by atoms with Gasteiger partial charge in [0.2, 0.25) is 0 Å². The van der Waals surface area contributed by atoms with Crippen LogP contribution in [0.25, 0.3) is 11.4 Å². The van der Waals surface area contributed by atoms with Crippen LogP contribution in [0.5, 0.6) is 0 Å². The summed E-state index contributed by atoms with van der Waals surface area (Å²) in [6.07, 6.45) is 2.48. The molecule has 0 aliphatic carbocycles. The Bertz CT molecular complexity index is 619. The molecular weight excluding hydrogens is 258 g/mol. The Balaban J connectivity index is 2.64. The van der Waals surface area contributed by atoms with Gasteiger partial charge in [-0.2, -0.15) is 0 Å². The Kier molecular flexibility index (Phi) is 3.78. The molecule has 106 valence electrons. The van der Waals surface area contributed by atoms with Crippen LogP contribution in [0.15, 0.2) is 18.3 Å². The van der Waals surface area contributed by atoms with Crippen molar-refractivity contribution in [2.45, 2.75) is 39.2 Å². The highest BCUT2D eigenvalue weighted by Gasteiger charge is 2.40. The van der Waals surface area contributed by atoms with Crippen molar-refractivity contribution in [1.29, 1.82) is 0 Å². The lowest BCUT2D eigenvalue weighted by molar-refractivity contribution is -0.148. The smallest absolute Gasteiger partial charge is 0.331 e. The number of rotatable bonds is 5. The normalized spacial score (nSPS) is 11.6. The topological polar surface area (TPSA) is 93.8 Å². The number of tetrazole rings is 1. The van der Waals surface area contributed by atoms with Gasteiger partial charge >= 0.3 is 5.97 Å². The van der Waals surface area contributed by atoms with Gasteiger partial charge in [0.15, 0.2) is 11.4 Å². The van der Waals surface area contributed by atoms with Crippen molar-refractivity contribution in [3.8, 4) is 11.4 Å². The summed E-state index contributed by atoms with van der Waals surface area (Å²) in [5.74, 6) is -0.501. The first-order valence-electron chi connectivity index (χ1n) is 6.51. The van der Waals surface area contributed by atoms with Gasteiger partial charge in [-0.05, 0) is 42.3 Å².